The monoisotopic (exact) mass is 561 g/mol. The van der Waals surface area contributed by atoms with Crippen LogP contribution in [0.1, 0.15) is 11.1 Å². The van der Waals surface area contributed by atoms with Crippen molar-refractivity contribution in [3.05, 3.63) is 76.2 Å². The van der Waals surface area contributed by atoms with E-state index in [0.717, 1.165) is 16.0 Å². The number of hydrogen-bond acceptors (Lipinski definition) is 6. The summed E-state index contributed by atoms with van der Waals surface area (Å²) in [6, 6.07) is 10.3. The van der Waals surface area contributed by atoms with Crippen LogP contribution in [0.25, 0.3) is 11.1 Å². The number of amides is 1. The zero-order valence-corrected chi connectivity index (χ0v) is 21.4. The van der Waals surface area contributed by atoms with Gasteiger partial charge in [0, 0.05) is 65.1 Å². The fourth-order valence-electron chi connectivity index (χ4n) is 4.19. The fraction of sp³-hybridized carbons (Fsp3) is 0.200. The predicted octanol–water partition coefficient (Wildman–Crippen LogP) is 6.12. The summed E-state index contributed by atoms with van der Waals surface area (Å²) in [6.45, 7) is -0.123. The third-order valence-corrected chi connectivity index (χ3v) is 6.37. The van der Waals surface area contributed by atoms with Gasteiger partial charge in [-0.1, -0.05) is 29.3 Å². The lowest BCUT2D eigenvalue weighted by Crippen LogP contribution is -2.43. The first-order valence-corrected chi connectivity index (χ1v) is 12.1. The Kier molecular flexibility index (Phi) is 6.89. The summed E-state index contributed by atoms with van der Waals surface area (Å²) in [5, 5.41) is 11.4. The van der Waals surface area contributed by atoms with Gasteiger partial charge in [0.1, 0.15) is 5.82 Å². The number of halogens is 5. The smallest absolute Gasteiger partial charge is 0.340 e. The normalized spacial score (nSPS) is 13.3. The quantitative estimate of drug-likeness (QED) is 0.305. The number of aryl methyl sites for hydroxylation is 1. The first kappa shape index (κ1) is 25.8. The minimum atomic E-state index is -4.91. The van der Waals surface area contributed by atoms with Gasteiger partial charge in [-0.2, -0.15) is 23.3 Å². The van der Waals surface area contributed by atoms with Gasteiger partial charge in [0.25, 0.3) is 0 Å². The fourth-order valence-corrected chi connectivity index (χ4v) is 4.71. The molecule has 0 unspecified atom stereocenters. The Morgan fingerprint density at radius 2 is 1.76 bits per heavy atom. The Bertz CT molecular complexity index is 1500. The summed E-state index contributed by atoms with van der Waals surface area (Å²) in [7, 11) is 1.79. The number of anilines is 4. The molecule has 0 atom stereocenters. The summed E-state index contributed by atoms with van der Waals surface area (Å²) in [6.07, 6.45) is 0.525. The van der Waals surface area contributed by atoms with Gasteiger partial charge in [-0.25, -0.2) is 4.98 Å². The SMILES string of the molecule is Cn1cc(-c2cnc(Nc3cc(Cl)cc(Cl)c3)nc2Nc2ccc3c(c2)CN(C(=O)C(F)(F)F)CC3)cn1. The van der Waals surface area contributed by atoms with Crippen LogP contribution in [0.3, 0.4) is 0 Å². The molecule has 13 heteroatoms. The lowest BCUT2D eigenvalue weighted by molar-refractivity contribution is -0.186. The van der Waals surface area contributed by atoms with E-state index in [1.165, 1.54) is 0 Å². The molecule has 5 rings (SSSR count). The van der Waals surface area contributed by atoms with Crippen molar-refractivity contribution in [3.8, 4) is 11.1 Å². The number of rotatable bonds is 5. The second-order valence-corrected chi connectivity index (χ2v) is 9.60. The van der Waals surface area contributed by atoms with Gasteiger partial charge >= 0.3 is 12.1 Å². The highest BCUT2D eigenvalue weighted by atomic mass is 35.5. The first-order chi connectivity index (χ1) is 18.0. The molecule has 3 heterocycles. The summed E-state index contributed by atoms with van der Waals surface area (Å²) in [5.41, 5.74) is 4.10. The number of nitrogens with zero attached hydrogens (tertiary/aromatic N) is 5. The molecular weight excluding hydrogens is 542 g/mol. The summed E-state index contributed by atoms with van der Waals surface area (Å²) in [4.78, 5) is 21.6. The Labute approximate surface area is 225 Å². The third-order valence-electron chi connectivity index (χ3n) is 5.93. The number of alkyl halides is 3. The van der Waals surface area contributed by atoms with Gasteiger partial charge in [0.2, 0.25) is 5.95 Å². The third kappa shape index (κ3) is 5.68. The number of nitrogens with one attached hydrogen (secondary N) is 2. The standard InChI is InChI=1S/C25H20Cl2F3N7O/c1-36-12-16(10-32-36)21-11-31-24(34-20-8-17(26)7-18(27)9-20)35-22(21)33-19-3-2-14-4-5-37(13-15(14)6-19)23(38)25(28,29)30/h2-3,6-12H,4-5,13H2,1H3,(H2,31,33,34,35). The molecule has 0 radical (unpaired) electrons. The van der Waals surface area contributed by atoms with Crippen molar-refractivity contribution in [1.29, 1.82) is 0 Å². The largest absolute Gasteiger partial charge is 0.471 e. The van der Waals surface area contributed by atoms with Gasteiger partial charge in [-0.3, -0.25) is 9.48 Å². The van der Waals surface area contributed by atoms with Gasteiger partial charge < -0.3 is 15.5 Å². The zero-order chi connectivity index (χ0) is 27.0. The maximum atomic E-state index is 13.0. The molecule has 8 nitrogen and oxygen atoms in total. The molecule has 2 aromatic heterocycles. The van der Waals surface area contributed by atoms with Crippen molar-refractivity contribution in [1.82, 2.24) is 24.6 Å². The Balaban J connectivity index is 1.46. The van der Waals surface area contributed by atoms with Gasteiger partial charge in [-0.05, 0) is 47.9 Å². The summed E-state index contributed by atoms with van der Waals surface area (Å²) >= 11 is 12.2. The maximum absolute atomic E-state index is 13.0. The van der Waals surface area contributed by atoms with E-state index < -0.39 is 12.1 Å². The molecule has 38 heavy (non-hydrogen) atoms. The van der Waals surface area contributed by atoms with Crippen LogP contribution in [-0.2, 0) is 24.8 Å². The van der Waals surface area contributed by atoms with E-state index in [4.69, 9.17) is 23.2 Å². The predicted molar refractivity (Wildman–Crippen MR) is 139 cm³/mol. The second kappa shape index (κ2) is 10.1. The van der Waals surface area contributed by atoms with Crippen LogP contribution < -0.4 is 10.6 Å². The highest BCUT2D eigenvalue weighted by Gasteiger charge is 2.43. The topological polar surface area (TPSA) is 88.0 Å². The van der Waals surface area contributed by atoms with E-state index in [1.807, 2.05) is 12.1 Å². The van der Waals surface area contributed by atoms with Crippen molar-refractivity contribution >= 4 is 52.3 Å². The average molecular weight is 562 g/mol. The van der Waals surface area contributed by atoms with E-state index in [9.17, 15) is 18.0 Å². The van der Waals surface area contributed by atoms with E-state index in [0.29, 0.717) is 44.8 Å². The number of carbonyl (C=O) groups is 1. The number of hydrogen-bond donors (Lipinski definition) is 2. The number of fused-ring (bicyclic) bond motifs is 1. The molecule has 196 valence electrons. The van der Waals surface area contributed by atoms with Gasteiger partial charge in [-0.15, -0.1) is 0 Å². The molecular formula is C25H20Cl2F3N7O. The van der Waals surface area contributed by atoms with Crippen molar-refractivity contribution in [3.63, 3.8) is 0 Å². The lowest BCUT2D eigenvalue weighted by atomic mass is 9.99. The molecule has 0 fully saturated rings. The second-order valence-electron chi connectivity index (χ2n) is 8.72. The van der Waals surface area contributed by atoms with Crippen molar-refractivity contribution in [2.45, 2.75) is 19.1 Å². The van der Waals surface area contributed by atoms with Gasteiger partial charge in [0.05, 0.1) is 6.20 Å². The van der Waals surface area contributed by atoms with Crippen molar-refractivity contribution in [2.75, 3.05) is 17.2 Å². The van der Waals surface area contributed by atoms with Crippen molar-refractivity contribution < 1.29 is 18.0 Å². The Morgan fingerprint density at radius 3 is 2.45 bits per heavy atom. The molecule has 0 aliphatic carbocycles. The minimum absolute atomic E-state index is 0.0116. The average Bonchev–Trinajstić information content (AvgIpc) is 3.28. The molecule has 2 N–H and O–H groups in total. The number of carbonyl (C=O) groups excluding carboxylic acids is 1. The molecule has 0 spiro atoms. The Morgan fingerprint density at radius 1 is 1.00 bits per heavy atom. The van der Waals surface area contributed by atoms with Crippen LogP contribution in [0.4, 0.5) is 36.3 Å². The van der Waals surface area contributed by atoms with E-state index in [-0.39, 0.29) is 19.0 Å². The highest BCUT2D eigenvalue weighted by molar-refractivity contribution is 6.35. The van der Waals surface area contributed by atoms with Crippen LogP contribution in [0, 0.1) is 0 Å². The van der Waals surface area contributed by atoms with Crippen molar-refractivity contribution in [2.24, 2.45) is 7.05 Å². The van der Waals surface area contributed by atoms with Gasteiger partial charge in [0.15, 0.2) is 0 Å². The maximum Gasteiger partial charge on any atom is 0.471 e. The molecule has 1 aliphatic rings. The summed E-state index contributed by atoms with van der Waals surface area (Å²) < 4.78 is 40.6. The molecule has 4 aromatic rings. The molecule has 0 bridgehead atoms. The summed E-state index contributed by atoms with van der Waals surface area (Å²) in [5.74, 6) is -1.14. The van der Waals surface area contributed by atoms with Crippen LogP contribution in [0.2, 0.25) is 10.0 Å². The van der Waals surface area contributed by atoms with E-state index in [2.05, 4.69) is 25.7 Å². The molecule has 0 saturated carbocycles. The number of benzene rings is 2. The zero-order valence-electron chi connectivity index (χ0n) is 19.9. The molecule has 2 aromatic carbocycles. The lowest BCUT2D eigenvalue weighted by Gasteiger charge is -2.29. The minimum Gasteiger partial charge on any atom is -0.340 e. The highest BCUT2D eigenvalue weighted by Crippen LogP contribution is 2.32. The van der Waals surface area contributed by atoms with Crippen LogP contribution >= 0.6 is 23.2 Å². The molecule has 1 amide bonds. The first-order valence-electron chi connectivity index (χ1n) is 11.4. The Hall–Kier alpha value is -3.83. The molecule has 0 saturated heterocycles. The van der Waals surface area contributed by atoms with Crippen LogP contribution in [0.5, 0.6) is 0 Å². The molecule has 1 aliphatic heterocycles. The van der Waals surface area contributed by atoms with E-state index in [1.54, 1.807) is 54.6 Å². The van der Waals surface area contributed by atoms with Crippen LogP contribution in [0.15, 0.2) is 55.0 Å². The van der Waals surface area contributed by atoms with E-state index >= 15 is 0 Å². The van der Waals surface area contributed by atoms with Crippen LogP contribution in [-0.4, -0.2) is 43.3 Å². The number of aromatic nitrogens is 4.